The Kier molecular flexibility index (Phi) is 5.14. The van der Waals surface area contributed by atoms with Gasteiger partial charge in [-0.3, -0.25) is 4.79 Å². The smallest absolute Gasteiger partial charge is 0.378 e. The van der Waals surface area contributed by atoms with Crippen molar-refractivity contribution in [3.8, 4) is 0 Å². The number of benzene rings is 2. The lowest BCUT2D eigenvalue weighted by Gasteiger charge is -2.19. The molecule has 24 heavy (non-hydrogen) atoms. The second-order valence-corrected chi connectivity index (χ2v) is 5.42. The number of aliphatic hydroxyl groups is 1. The van der Waals surface area contributed by atoms with Gasteiger partial charge in [0.2, 0.25) is 0 Å². The van der Waals surface area contributed by atoms with Crippen molar-refractivity contribution >= 4 is 17.3 Å². The number of hydrogen-bond donors (Lipinski definition) is 2. The van der Waals surface area contributed by atoms with E-state index in [0.29, 0.717) is 11.3 Å². The number of carbonyl (C=O) groups is 1. The highest BCUT2D eigenvalue weighted by Gasteiger charge is 2.35. The van der Waals surface area contributed by atoms with E-state index in [2.05, 4.69) is 5.32 Å². The highest BCUT2D eigenvalue weighted by molar-refractivity contribution is 5.95. The third-order valence-electron chi connectivity index (χ3n) is 3.45. The van der Waals surface area contributed by atoms with E-state index in [0.717, 1.165) is 6.07 Å². The van der Waals surface area contributed by atoms with Crippen molar-refractivity contribution in [3.63, 3.8) is 0 Å². The maximum absolute atomic E-state index is 13.2. The molecular formula is C17H17F3N2O2. The Labute approximate surface area is 137 Å². The van der Waals surface area contributed by atoms with Crippen LogP contribution in [-0.4, -0.2) is 25.1 Å². The van der Waals surface area contributed by atoms with Crippen molar-refractivity contribution in [1.82, 2.24) is 0 Å². The maximum atomic E-state index is 13.2. The van der Waals surface area contributed by atoms with Gasteiger partial charge in [-0.1, -0.05) is 30.3 Å². The zero-order valence-corrected chi connectivity index (χ0v) is 13.1. The molecule has 1 atom stereocenters. The van der Waals surface area contributed by atoms with Gasteiger partial charge in [-0.2, -0.15) is 13.2 Å². The molecule has 1 unspecified atom stereocenters. The topological polar surface area (TPSA) is 52.6 Å². The predicted octanol–water partition coefficient (Wildman–Crippen LogP) is 3.44. The fourth-order valence-corrected chi connectivity index (χ4v) is 2.14. The van der Waals surface area contributed by atoms with Crippen molar-refractivity contribution in [3.05, 3.63) is 59.7 Å². The van der Waals surface area contributed by atoms with Gasteiger partial charge in [-0.15, -0.1) is 0 Å². The van der Waals surface area contributed by atoms with Crippen LogP contribution < -0.4 is 10.2 Å². The minimum atomic E-state index is -4.63. The second kappa shape index (κ2) is 6.92. The van der Waals surface area contributed by atoms with Gasteiger partial charge in [0.05, 0.1) is 11.3 Å². The van der Waals surface area contributed by atoms with Gasteiger partial charge in [0.15, 0.2) is 6.10 Å². The molecule has 4 nitrogen and oxygen atoms in total. The van der Waals surface area contributed by atoms with E-state index in [1.165, 1.54) is 29.2 Å². The standard InChI is InChI=1S/C17H17F3N2O2/c1-22(2)12-8-9-14(13(10-12)17(18,19)20)21-16(24)15(23)11-6-4-3-5-7-11/h3-10,15,23H,1-2H3,(H,21,24). The third-order valence-corrected chi connectivity index (χ3v) is 3.45. The van der Waals surface area contributed by atoms with Crippen LogP contribution in [0.2, 0.25) is 0 Å². The number of nitrogens with zero attached hydrogens (tertiary/aromatic N) is 1. The molecular weight excluding hydrogens is 321 g/mol. The molecule has 0 heterocycles. The lowest BCUT2D eigenvalue weighted by atomic mass is 10.1. The number of aliphatic hydroxyl groups excluding tert-OH is 1. The predicted molar refractivity (Wildman–Crippen MR) is 85.8 cm³/mol. The summed E-state index contributed by atoms with van der Waals surface area (Å²) in [5.41, 5.74) is -0.715. The fourth-order valence-electron chi connectivity index (χ4n) is 2.14. The normalized spacial score (nSPS) is 12.6. The summed E-state index contributed by atoms with van der Waals surface area (Å²) in [4.78, 5) is 13.6. The Bertz CT molecular complexity index is 716. The number of amides is 1. The molecule has 2 aromatic rings. The van der Waals surface area contributed by atoms with E-state index in [4.69, 9.17) is 0 Å². The van der Waals surface area contributed by atoms with E-state index in [-0.39, 0.29) is 0 Å². The van der Waals surface area contributed by atoms with E-state index in [1.807, 2.05) is 0 Å². The summed E-state index contributed by atoms with van der Waals surface area (Å²) in [6, 6.07) is 11.6. The number of anilines is 2. The van der Waals surface area contributed by atoms with Crippen LogP contribution >= 0.6 is 0 Å². The zero-order valence-electron chi connectivity index (χ0n) is 13.1. The van der Waals surface area contributed by atoms with Crippen molar-refractivity contribution in [2.45, 2.75) is 12.3 Å². The van der Waals surface area contributed by atoms with Crippen LogP contribution in [-0.2, 0) is 11.0 Å². The first kappa shape index (κ1) is 17.8. The van der Waals surface area contributed by atoms with Crippen molar-refractivity contribution in [1.29, 1.82) is 0 Å². The molecule has 2 N–H and O–H groups in total. The summed E-state index contributed by atoms with van der Waals surface area (Å²) in [7, 11) is 3.24. The van der Waals surface area contributed by atoms with Gasteiger partial charge in [0.1, 0.15) is 0 Å². The van der Waals surface area contributed by atoms with Crippen LogP contribution in [0.5, 0.6) is 0 Å². The molecule has 0 aliphatic carbocycles. The fraction of sp³-hybridized carbons (Fsp3) is 0.235. The van der Waals surface area contributed by atoms with Crippen LogP contribution in [0.4, 0.5) is 24.5 Å². The Morgan fingerprint density at radius 3 is 2.29 bits per heavy atom. The first-order chi connectivity index (χ1) is 11.2. The highest BCUT2D eigenvalue weighted by atomic mass is 19.4. The summed E-state index contributed by atoms with van der Waals surface area (Å²) in [6.07, 6.45) is -6.19. The van der Waals surface area contributed by atoms with Crippen molar-refractivity contribution in [2.75, 3.05) is 24.3 Å². The molecule has 7 heteroatoms. The van der Waals surface area contributed by atoms with Crippen LogP contribution in [0, 0.1) is 0 Å². The Balaban J connectivity index is 2.30. The number of carbonyl (C=O) groups excluding carboxylic acids is 1. The summed E-state index contributed by atoms with van der Waals surface area (Å²) >= 11 is 0. The number of nitrogens with one attached hydrogen (secondary N) is 1. The minimum absolute atomic E-state index is 0.300. The molecule has 0 spiro atoms. The quantitative estimate of drug-likeness (QED) is 0.898. The summed E-state index contributed by atoms with van der Waals surface area (Å²) in [6.45, 7) is 0. The molecule has 0 bridgehead atoms. The number of hydrogen-bond acceptors (Lipinski definition) is 3. The molecule has 128 valence electrons. The SMILES string of the molecule is CN(C)c1ccc(NC(=O)C(O)c2ccccc2)c(C(F)(F)F)c1. The Hall–Kier alpha value is -2.54. The first-order valence-electron chi connectivity index (χ1n) is 7.12. The van der Waals surface area contributed by atoms with Crippen LogP contribution in [0.3, 0.4) is 0 Å². The molecule has 0 fully saturated rings. The van der Waals surface area contributed by atoms with E-state index in [9.17, 15) is 23.1 Å². The second-order valence-electron chi connectivity index (χ2n) is 5.42. The van der Waals surface area contributed by atoms with Gasteiger partial charge >= 0.3 is 6.18 Å². The molecule has 1 amide bonds. The van der Waals surface area contributed by atoms with E-state index >= 15 is 0 Å². The van der Waals surface area contributed by atoms with E-state index in [1.54, 1.807) is 32.3 Å². The third kappa shape index (κ3) is 4.05. The van der Waals surface area contributed by atoms with E-state index < -0.39 is 29.4 Å². The molecule has 0 aliphatic rings. The summed E-state index contributed by atoms with van der Waals surface area (Å²) in [5, 5.41) is 12.1. The molecule has 0 aliphatic heterocycles. The van der Waals surface area contributed by atoms with Crippen LogP contribution in [0.1, 0.15) is 17.2 Å². The van der Waals surface area contributed by atoms with Crippen molar-refractivity contribution in [2.24, 2.45) is 0 Å². The molecule has 0 saturated carbocycles. The van der Waals surface area contributed by atoms with Gasteiger partial charge in [0.25, 0.3) is 5.91 Å². The summed E-state index contributed by atoms with van der Waals surface area (Å²) in [5.74, 6) is -0.927. The average Bonchev–Trinajstić information content (AvgIpc) is 2.54. The van der Waals surface area contributed by atoms with Crippen LogP contribution in [0.25, 0.3) is 0 Å². The minimum Gasteiger partial charge on any atom is -0.378 e. The first-order valence-corrected chi connectivity index (χ1v) is 7.12. The number of rotatable bonds is 4. The number of halogens is 3. The lowest BCUT2D eigenvalue weighted by molar-refractivity contribution is -0.137. The average molecular weight is 338 g/mol. The molecule has 0 aromatic heterocycles. The van der Waals surface area contributed by atoms with Gasteiger partial charge in [-0.05, 0) is 23.8 Å². The number of alkyl halides is 3. The van der Waals surface area contributed by atoms with Gasteiger partial charge in [0, 0.05) is 19.8 Å². The highest BCUT2D eigenvalue weighted by Crippen LogP contribution is 2.37. The Morgan fingerprint density at radius 2 is 1.75 bits per heavy atom. The summed E-state index contributed by atoms with van der Waals surface area (Å²) < 4.78 is 39.7. The largest absolute Gasteiger partial charge is 0.418 e. The van der Waals surface area contributed by atoms with Gasteiger partial charge in [-0.25, -0.2) is 0 Å². The van der Waals surface area contributed by atoms with Crippen molar-refractivity contribution < 1.29 is 23.1 Å². The maximum Gasteiger partial charge on any atom is 0.418 e. The van der Waals surface area contributed by atoms with Crippen LogP contribution in [0.15, 0.2) is 48.5 Å². The molecule has 0 radical (unpaired) electrons. The molecule has 0 saturated heterocycles. The molecule has 2 aromatic carbocycles. The molecule has 2 rings (SSSR count). The van der Waals surface area contributed by atoms with Gasteiger partial charge < -0.3 is 15.3 Å². The zero-order chi connectivity index (χ0) is 17.9. The Morgan fingerprint density at radius 1 is 1.12 bits per heavy atom. The lowest BCUT2D eigenvalue weighted by Crippen LogP contribution is -2.23. The monoisotopic (exact) mass is 338 g/mol.